The molecule has 0 aromatic carbocycles. The Kier molecular flexibility index (Phi) is 2.46. The van der Waals surface area contributed by atoms with Crippen LogP contribution >= 0.6 is 0 Å². The number of aliphatic hydroxyl groups is 1. The summed E-state index contributed by atoms with van der Waals surface area (Å²) in [5, 5.41) is 9.40. The zero-order valence-electron chi connectivity index (χ0n) is 9.59. The molecular weight excluding hydrogens is 172 g/mol. The van der Waals surface area contributed by atoms with E-state index in [-0.39, 0.29) is 0 Å². The minimum Gasteiger partial charge on any atom is -0.396 e. The van der Waals surface area contributed by atoms with Crippen molar-refractivity contribution >= 4 is 0 Å². The Bertz CT molecular complexity index is 256. The molecular formula is C13H22O. The monoisotopic (exact) mass is 194 g/mol. The summed E-state index contributed by atoms with van der Waals surface area (Å²) in [4.78, 5) is 0. The maximum atomic E-state index is 9.40. The van der Waals surface area contributed by atoms with Crippen LogP contribution in [-0.2, 0) is 0 Å². The molecule has 4 atom stereocenters. The smallest absolute Gasteiger partial charge is 0.0462 e. The van der Waals surface area contributed by atoms with Crippen molar-refractivity contribution in [1.29, 1.82) is 0 Å². The lowest BCUT2D eigenvalue weighted by atomic mass is 9.55. The van der Waals surface area contributed by atoms with Gasteiger partial charge in [0.2, 0.25) is 0 Å². The van der Waals surface area contributed by atoms with Crippen LogP contribution < -0.4 is 0 Å². The zero-order valence-corrected chi connectivity index (χ0v) is 9.59. The third-order valence-corrected chi connectivity index (χ3v) is 4.88. The van der Waals surface area contributed by atoms with Crippen molar-refractivity contribution < 1.29 is 5.11 Å². The first-order chi connectivity index (χ1) is 6.57. The molecule has 2 rings (SSSR count). The van der Waals surface area contributed by atoms with Crippen LogP contribution in [-0.4, -0.2) is 11.7 Å². The first-order valence-electron chi connectivity index (χ1n) is 5.84. The van der Waals surface area contributed by atoms with Crippen molar-refractivity contribution in [2.24, 2.45) is 23.2 Å². The van der Waals surface area contributed by atoms with E-state index in [9.17, 15) is 5.11 Å². The third-order valence-electron chi connectivity index (χ3n) is 4.88. The molecule has 1 fully saturated rings. The van der Waals surface area contributed by atoms with Crippen molar-refractivity contribution in [1.82, 2.24) is 0 Å². The van der Waals surface area contributed by atoms with Gasteiger partial charge in [-0.3, -0.25) is 0 Å². The second-order valence-electron chi connectivity index (χ2n) is 5.67. The van der Waals surface area contributed by atoms with Gasteiger partial charge in [0.1, 0.15) is 0 Å². The van der Waals surface area contributed by atoms with E-state index in [0.29, 0.717) is 23.9 Å². The van der Waals surface area contributed by atoms with Crippen LogP contribution in [0.2, 0.25) is 0 Å². The Labute approximate surface area is 87.2 Å². The van der Waals surface area contributed by atoms with Crippen molar-refractivity contribution in [3.63, 3.8) is 0 Å². The summed E-state index contributed by atoms with van der Waals surface area (Å²) >= 11 is 0. The van der Waals surface area contributed by atoms with Gasteiger partial charge in [-0.15, -0.1) is 0 Å². The van der Waals surface area contributed by atoms with E-state index in [4.69, 9.17) is 0 Å². The topological polar surface area (TPSA) is 20.2 Å². The van der Waals surface area contributed by atoms with E-state index in [2.05, 4.69) is 26.8 Å². The highest BCUT2D eigenvalue weighted by Crippen LogP contribution is 2.53. The molecule has 1 saturated carbocycles. The van der Waals surface area contributed by atoms with Gasteiger partial charge >= 0.3 is 0 Å². The highest BCUT2D eigenvalue weighted by Gasteiger charge is 2.44. The van der Waals surface area contributed by atoms with Crippen molar-refractivity contribution in [2.45, 2.75) is 40.0 Å². The third kappa shape index (κ3) is 1.42. The number of rotatable bonds is 1. The molecule has 0 heterocycles. The summed E-state index contributed by atoms with van der Waals surface area (Å²) in [5.74, 6) is 1.96. The molecule has 80 valence electrons. The quantitative estimate of drug-likeness (QED) is 0.636. The van der Waals surface area contributed by atoms with Crippen LogP contribution in [0.1, 0.15) is 40.0 Å². The highest BCUT2D eigenvalue weighted by atomic mass is 16.3. The average Bonchev–Trinajstić information content (AvgIpc) is 2.18. The van der Waals surface area contributed by atoms with Gasteiger partial charge in [0, 0.05) is 6.61 Å². The molecule has 0 radical (unpaired) electrons. The molecule has 1 heteroatoms. The predicted octanol–water partition coefficient (Wildman–Crippen LogP) is 3.00. The Morgan fingerprint density at radius 2 is 2.29 bits per heavy atom. The summed E-state index contributed by atoms with van der Waals surface area (Å²) in [6, 6.07) is 0. The maximum Gasteiger partial charge on any atom is 0.0462 e. The summed E-state index contributed by atoms with van der Waals surface area (Å²) in [5.41, 5.74) is 2.02. The van der Waals surface area contributed by atoms with Crippen LogP contribution in [0.15, 0.2) is 11.6 Å². The summed E-state index contributed by atoms with van der Waals surface area (Å²) < 4.78 is 0. The summed E-state index contributed by atoms with van der Waals surface area (Å²) in [7, 11) is 0. The van der Waals surface area contributed by atoms with E-state index in [1.165, 1.54) is 19.3 Å². The van der Waals surface area contributed by atoms with Gasteiger partial charge in [0.15, 0.2) is 0 Å². The fourth-order valence-electron chi connectivity index (χ4n) is 3.38. The molecule has 2 aliphatic rings. The van der Waals surface area contributed by atoms with Gasteiger partial charge in [-0.25, -0.2) is 0 Å². The standard InChI is InChI=1S/C13H22O/c1-9-4-5-13(3)7-11(9)6-12(8-14)10(13)2/h4,10-12,14H,5-8H2,1-3H3. The molecule has 2 aliphatic carbocycles. The molecule has 0 aliphatic heterocycles. The number of hydrogen-bond donors (Lipinski definition) is 1. The average molecular weight is 194 g/mol. The van der Waals surface area contributed by atoms with Crippen LogP contribution in [0, 0.1) is 23.2 Å². The van der Waals surface area contributed by atoms with Crippen LogP contribution in [0.3, 0.4) is 0 Å². The Balaban J connectivity index is 2.27. The Morgan fingerprint density at radius 1 is 1.57 bits per heavy atom. The second kappa shape index (κ2) is 3.37. The first-order valence-corrected chi connectivity index (χ1v) is 5.84. The molecule has 1 nitrogen and oxygen atoms in total. The predicted molar refractivity (Wildman–Crippen MR) is 58.9 cm³/mol. The molecule has 0 saturated heterocycles. The maximum absolute atomic E-state index is 9.40. The molecule has 0 aromatic rings. The zero-order chi connectivity index (χ0) is 10.3. The summed E-state index contributed by atoms with van der Waals surface area (Å²) in [6.45, 7) is 7.36. The molecule has 14 heavy (non-hydrogen) atoms. The lowest BCUT2D eigenvalue weighted by Gasteiger charge is -2.50. The molecule has 4 unspecified atom stereocenters. The number of fused-ring (bicyclic) bond motifs is 2. The van der Waals surface area contributed by atoms with Crippen molar-refractivity contribution in [2.75, 3.05) is 6.61 Å². The SMILES string of the molecule is CC1=CCC2(C)CC1CC(CO)C2C. The molecule has 2 bridgehead atoms. The fraction of sp³-hybridized carbons (Fsp3) is 0.846. The Hall–Kier alpha value is -0.300. The van der Waals surface area contributed by atoms with Crippen LogP contribution in [0.25, 0.3) is 0 Å². The van der Waals surface area contributed by atoms with Crippen molar-refractivity contribution in [3.05, 3.63) is 11.6 Å². The largest absolute Gasteiger partial charge is 0.396 e. The van der Waals surface area contributed by atoms with Gasteiger partial charge in [0.25, 0.3) is 0 Å². The molecule has 0 amide bonds. The first kappa shape index (κ1) is 10.2. The normalized spacial score (nSPS) is 47.4. The van der Waals surface area contributed by atoms with E-state index >= 15 is 0 Å². The minimum atomic E-state index is 0.376. The van der Waals surface area contributed by atoms with Gasteiger partial charge in [0.05, 0.1) is 0 Å². The molecule has 1 N–H and O–H groups in total. The number of aliphatic hydroxyl groups excluding tert-OH is 1. The van der Waals surface area contributed by atoms with E-state index in [0.717, 1.165) is 5.92 Å². The highest BCUT2D eigenvalue weighted by molar-refractivity contribution is 5.15. The molecule has 0 spiro atoms. The van der Waals surface area contributed by atoms with Crippen LogP contribution in [0.5, 0.6) is 0 Å². The van der Waals surface area contributed by atoms with Crippen molar-refractivity contribution in [3.8, 4) is 0 Å². The van der Waals surface area contributed by atoms with Gasteiger partial charge in [-0.1, -0.05) is 25.5 Å². The van der Waals surface area contributed by atoms with Gasteiger partial charge in [-0.05, 0) is 49.4 Å². The van der Waals surface area contributed by atoms with Gasteiger partial charge < -0.3 is 5.11 Å². The lowest BCUT2D eigenvalue weighted by molar-refractivity contribution is 0.00917. The number of hydrogen-bond acceptors (Lipinski definition) is 1. The fourth-order valence-corrected chi connectivity index (χ4v) is 3.38. The lowest BCUT2D eigenvalue weighted by Crippen LogP contribution is -2.42. The van der Waals surface area contributed by atoms with E-state index in [1.54, 1.807) is 5.57 Å². The molecule has 0 aromatic heterocycles. The number of allylic oxidation sites excluding steroid dienone is 2. The van der Waals surface area contributed by atoms with E-state index < -0.39 is 0 Å². The Morgan fingerprint density at radius 3 is 2.93 bits per heavy atom. The second-order valence-corrected chi connectivity index (χ2v) is 5.67. The minimum absolute atomic E-state index is 0.376. The van der Waals surface area contributed by atoms with Gasteiger partial charge in [-0.2, -0.15) is 0 Å². The van der Waals surface area contributed by atoms with E-state index in [1.807, 2.05) is 0 Å². The van der Waals surface area contributed by atoms with Crippen LogP contribution in [0.4, 0.5) is 0 Å². The summed E-state index contributed by atoms with van der Waals surface area (Å²) in [6.07, 6.45) is 6.19.